The predicted molar refractivity (Wildman–Crippen MR) is 340 cm³/mol. The van der Waals surface area contributed by atoms with Crippen molar-refractivity contribution in [2.45, 2.75) is 233 Å². The van der Waals surface area contributed by atoms with Gasteiger partial charge in [-0.15, -0.1) is 28.6 Å². The first-order chi connectivity index (χ1) is 34.3. The third-order valence-corrected chi connectivity index (χ3v) is 42.4. The minimum atomic E-state index is -2.07. The van der Waals surface area contributed by atoms with Crippen molar-refractivity contribution in [3.8, 4) is 81.9 Å². The van der Waals surface area contributed by atoms with Crippen molar-refractivity contribution < 1.29 is 0 Å². The first-order valence-electron chi connectivity index (χ1n) is 28.0. The largest absolute Gasteiger partial charge is 0.397 e. The molecule has 0 amide bonds. The molecule has 74 heavy (non-hydrogen) atoms. The highest BCUT2D eigenvalue weighted by atomic mass is 28.3. The molecule has 0 fully saturated rings. The van der Waals surface area contributed by atoms with Crippen LogP contribution in [0.4, 0.5) is 11.4 Å². The fraction of sp³-hybridized carbons (Fsp3) is 0.529. The first kappa shape index (κ1) is 63.3. The molecule has 2 nitrogen and oxygen atoms in total. The zero-order valence-electron chi connectivity index (χ0n) is 50.7. The third kappa shape index (κ3) is 13.5. The van der Waals surface area contributed by atoms with Crippen LogP contribution in [0.15, 0.2) is 42.5 Å². The Labute approximate surface area is 459 Å². The molecule has 0 aliphatic carbocycles. The summed E-state index contributed by atoms with van der Waals surface area (Å²) in [4.78, 5) is 0. The van der Waals surface area contributed by atoms with Gasteiger partial charge in [-0.3, -0.25) is 0 Å². The van der Waals surface area contributed by atoms with Gasteiger partial charge in [0.2, 0.25) is 0 Å². The monoisotopic (exact) mass is 1050 g/mol. The van der Waals surface area contributed by atoms with E-state index in [4.69, 9.17) is 17.9 Å². The van der Waals surface area contributed by atoms with Crippen LogP contribution in [-0.2, 0) is 0 Å². The van der Waals surface area contributed by atoms with E-state index in [9.17, 15) is 0 Å². The highest BCUT2D eigenvalue weighted by Gasteiger charge is 2.44. The van der Waals surface area contributed by atoms with E-state index in [1.165, 1.54) is 0 Å². The van der Waals surface area contributed by atoms with Gasteiger partial charge in [0.1, 0.15) is 32.3 Å². The van der Waals surface area contributed by atoms with E-state index in [2.05, 4.69) is 266 Å². The number of benzene rings is 3. The Morgan fingerprint density at radius 2 is 0.432 bits per heavy atom. The molecule has 0 aromatic heterocycles. The molecule has 0 spiro atoms. The Hall–Kier alpha value is -4.95. The van der Waals surface area contributed by atoms with Gasteiger partial charge in [-0.05, 0) is 109 Å². The number of hydrogen-bond donors (Lipinski definition) is 2. The van der Waals surface area contributed by atoms with Crippen molar-refractivity contribution in [1.82, 2.24) is 0 Å². The first-order valence-corrected chi connectivity index (χ1v) is 36.9. The fourth-order valence-corrected chi connectivity index (χ4v) is 34.3. The predicted octanol–water partition coefficient (Wildman–Crippen LogP) is 17.9. The SMILES string of the molecule is C#Cc1cc(C#Cc2cc(C#C[Si](C(C)C)(C(C)C)C(C)C)c(N)c(C#C[Si](C(C)C)(C(C)C)C(C)C)c2)cc(C#Cc2cc(C#C[Si](C(C)C)(C(C)C)C(C)C)c(N)c(C#C[Si](C(C)C)(C(C)C)C(C)C)c2)c1. The summed E-state index contributed by atoms with van der Waals surface area (Å²) in [6.45, 7) is 56.2. The summed E-state index contributed by atoms with van der Waals surface area (Å²) in [5.74, 6) is 31.5. The van der Waals surface area contributed by atoms with E-state index in [0.29, 0.717) is 83.4 Å². The summed E-state index contributed by atoms with van der Waals surface area (Å²) in [5.41, 5.74) is 44.0. The molecule has 0 bridgehead atoms. The minimum absolute atomic E-state index is 0.484. The zero-order chi connectivity index (χ0) is 56.4. The van der Waals surface area contributed by atoms with Gasteiger partial charge in [-0.2, -0.15) is 0 Å². The quantitative estimate of drug-likeness (QED) is 0.108. The Balaban J connectivity index is 2.44. The summed E-state index contributed by atoms with van der Waals surface area (Å²) in [7, 11) is -8.28. The normalized spacial score (nSPS) is 12.1. The van der Waals surface area contributed by atoms with Gasteiger partial charge in [0, 0.05) is 50.1 Å². The van der Waals surface area contributed by atoms with Crippen molar-refractivity contribution in [3.63, 3.8) is 0 Å². The van der Waals surface area contributed by atoms with Gasteiger partial charge in [0.05, 0.1) is 11.4 Å². The molecule has 394 valence electrons. The van der Waals surface area contributed by atoms with Crippen molar-refractivity contribution in [2.75, 3.05) is 11.5 Å². The molecule has 0 radical (unpaired) electrons. The molecule has 0 aliphatic rings. The van der Waals surface area contributed by atoms with Crippen LogP contribution in [0, 0.1) is 81.9 Å². The molecular formula is C68H96N2Si4. The smallest absolute Gasteiger partial charge is 0.146 e. The van der Waals surface area contributed by atoms with Gasteiger partial charge in [0.15, 0.2) is 0 Å². The molecule has 0 aliphatic heterocycles. The maximum Gasteiger partial charge on any atom is 0.146 e. The Kier molecular flexibility index (Phi) is 22.4. The third-order valence-electron chi connectivity index (χ3n) is 17.3. The molecule has 0 saturated heterocycles. The van der Waals surface area contributed by atoms with Crippen molar-refractivity contribution in [2.24, 2.45) is 0 Å². The lowest BCUT2D eigenvalue weighted by Gasteiger charge is -2.38. The van der Waals surface area contributed by atoms with Gasteiger partial charge in [-0.25, -0.2) is 0 Å². The maximum absolute atomic E-state index is 7.11. The molecule has 0 atom stereocenters. The number of anilines is 2. The molecule has 6 heteroatoms. The summed E-state index contributed by atoms with van der Waals surface area (Å²) in [6, 6.07) is 14.1. The number of nitrogens with two attached hydrogens (primary N) is 2. The lowest BCUT2D eigenvalue weighted by atomic mass is 10.0. The zero-order valence-corrected chi connectivity index (χ0v) is 54.7. The van der Waals surface area contributed by atoms with Gasteiger partial charge in [0.25, 0.3) is 0 Å². The highest BCUT2D eigenvalue weighted by molar-refractivity contribution is 6.92. The Bertz CT molecular complexity index is 2490. The Morgan fingerprint density at radius 1 is 0.270 bits per heavy atom. The fourth-order valence-electron chi connectivity index (χ4n) is 13.4. The van der Waals surface area contributed by atoms with Crippen molar-refractivity contribution in [3.05, 3.63) is 92.5 Å². The van der Waals surface area contributed by atoms with Crippen LogP contribution in [0.25, 0.3) is 0 Å². The molecular weight excluding hydrogens is 957 g/mol. The van der Waals surface area contributed by atoms with Crippen LogP contribution in [0.1, 0.15) is 216 Å². The topological polar surface area (TPSA) is 52.0 Å². The summed E-state index contributed by atoms with van der Waals surface area (Å²) in [5, 5.41) is 0. The summed E-state index contributed by atoms with van der Waals surface area (Å²) < 4.78 is 0. The van der Waals surface area contributed by atoms with Gasteiger partial charge >= 0.3 is 0 Å². The number of terminal acetylenes is 1. The van der Waals surface area contributed by atoms with Crippen LogP contribution in [0.5, 0.6) is 0 Å². The highest BCUT2D eigenvalue weighted by Crippen LogP contribution is 2.44. The Morgan fingerprint density at radius 3 is 0.595 bits per heavy atom. The average molecular weight is 1050 g/mol. The molecule has 0 saturated carbocycles. The minimum Gasteiger partial charge on any atom is -0.397 e. The molecule has 3 aromatic carbocycles. The van der Waals surface area contributed by atoms with E-state index in [0.717, 1.165) is 44.5 Å². The van der Waals surface area contributed by atoms with Crippen LogP contribution in [-0.4, -0.2) is 32.3 Å². The van der Waals surface area contributed by atoms with Crippen molar-refractivity contribution >= 4 is 43.7 Å². The van der Waals surface area contributed by atoms with Crippen LogP contribution < -0.4 is 11.5 Å². The van der Waals surface area contributed by atoms with Crippen LogP contribution in [0.2, 0.25) is 66.5 Å². The molecule has 0 unspecified atom stereocenters. The number of rotatable bonds is 12. The van der Waals surface area contributed by atoms with Crippen LogP contribution >= 0.6 is 0 Å². The summed E-state index contributed by atoms with van der Waals surface area (Å²) in [6.07, 6.45) is 6.12. The van der Waals surface area contributed by atoms with Gasteiger partial charge in [-0.1, -0.05) is 219 Å². The molecule has 3 rings (SSSR count). The second-order valence-corrected chi connectivity index (χ2v) is 47.3. The standard InChI is InChI=1S/C68H96N2Si4/c1-26-58-39-59(27-29-61-42-63(31-35-71(46(2)3,47(4)5)48(6)7)67(69)64(43-61)32-36-72(49(8)9,50(10)11)51(12)13)41-60(40-58)28-30-62-44-65(33-37-73(52(14)15,53(16)17)54(18)19)68(70)66(45-62)34-38-74(55(20)21,56(22)23)57(24)25/h1,39-57H,69-70H2,2-25H3. The number of nitrogen functional groups attached to an aromatic ring is 2. The number of hydrogen-bond acceptors (Lipinski definition) is 2. The van der Waals surface area contributed by atoms with E-state index in [1.54, 1.807) is 0 Å². The summed E-state index contributed by atoms with van der Waals surface area (Å²) >= 11 is 0. The van der Waals surface area contributed by atoms with Gasteiger partial charge < -0.3 is 11.5 Å². The lowest BCUT2D eigenvalue weighted by Crippen LogP contribution is -2.43. The average Bonchev–Trinajstić information content (AvgIpc) is 3.28. The molecule has 3 aromatic rings. The molecule has 4 N–H and O–H groups in total. The lowest BCUT2D eigenvalue weighted by molar-refractivity contribution is 0.838. The molecule has 0 heterocycles. The van der Waals surface area contributed by atoms with Crippen molar-refractivity contribution in [1.29, 1.82) is 0 Å². The van der Waals surface area contributed by atoms with E-state index in [-0.39, 0.29) is 0 Å². The van der Waals surface area contributed by atoms with E-state index >= 15 is 0 Å². The second-order valence-electron chi connectivity index (χ2n) is 25.0. The van der Waals surface area contributed by atoms with E-state index in [1.807, 2.05) is 18.2 Å². The second kappa shape index (κ2) is 26.2. The van der Waals surface area contributed by atoms with Crippen LogP contribution in [0.3, 0.4) is 0 Å². The van der Waals surface area contributed by atoms with E-state index < -0.39 is 32.3 Å². The maximum atomic E-state index is 7.11.